The van der Waals surface area contributed by atoms with Crippen molar-refractivity contribution in [3.63, 3.8) is 0 Å². The van der Waals surface area contributed by atoms with E-state index in [4.69, 9.17) is 0 Å². The molecule has 0 heterocycles. The molecule has 0 aromatic carbocycles. The van der Waals surface area contributed by atoms with Crippen molar-refractivity contribution in [2.75, 3.05) is 0 Å². The van der Waals surface area contributed by atoms with E-state index in [1.165, 1.54) is 0 Å². The summed E-state index contributed by atoms with van der Waals surface area (Å²) in [6.07, 6.45) is 4.27. The molecule has 0 radical (unpaired) electrons. The van der Waals surface area contributed by atoms with E-state index in [2.05, 4.69) is 13.8 Å². The molecule has 2 N–H and O–H groups in total. The Morgan fingerprint density at radius 1 is 1.17 bits per heavy atom. The standard InChI is InChI=1S/C15H28O3/c1-10(2)12-6-5-8-15(18,9-7-12)13(11(3)4)14(16)17/h10-13,18H,5-9H2,1-4H3,(H,16,17). The van der Waals surface area contributed by atoms with Crippen molar-refractivity contribution < 1.29 is 15.0 Å². The summed E-state index contributed by atoms with van der Waals surface area (Å²) < 4.78 is 0. The maximum Gasteiger partial charge on any atom is 0.309 e. The minimum Gasteiger partial charge on any atom is -0.481 e. The summed E-state index contributed by atoms with van der Waals surface area (Å²) in [6, 6.07) is 0. The zero-order valence-corrected chi connectivity index (χ0v) is 12.1. The van der Waals surface area contributed by atoms with E-state index in [1.807, 2.05) is 13.8 Å². The first-order valence-electron chi connectivity index (χ1n) is 7.23. The van der Waals surface area contributed by atoms with Crippen LogP contribution in [0.25, 0.3) is 0 Å². The molecule has 3 nitrogen and oxygen atoms in total. The summed E-state index contributed by atoms with van der Waals surface area (Å²) in [5.74, 6) is -0.266. The second-order valence-electron chi connectivity index (χ2n) is 6.60. The Kier molecular flexibility index (Phi) is 5.20. The summed E-state index contributed by atoms with van der Waals surface area (Å²) in [4.78, 5) is 11.4. The SMILES string of the molecule is CC(C)C1CCCC(O)(C(C(=O)O)C(C)C)CC1. The lowest BCUT2D eigenvalue weighted by atomic mass is 9.75. The summed E-state index contributed by atoms with van der Waals surface area (Å²) >= 11 is 0. The second kappa shape index (κ2) is 6.05. The first-order valence-corrected chi connectivity index (χ1v) is 7.23. The number of hydrogen-bond acceptors (Lipinski definition) is 2. The third-order valence-corrected chi connectivity index (χ3v) is 4.59. The Balaban J connectivity index is 2.82. The highest BCUT2D eigenvalue weighted by molar-refractivity contribution is 5.71. The third-order valence-electron chi connectivity index (χ3n) is 4.59. The molecule has 1 aliphatic rings. The van der Waals surface area contributed by atoms with Gasteiger partial charge >= 0.3 is 5.97 Å². The molecule has 1 saturated carbocycles. The van der Waals surface area contributed by atoms with E-state index in [-0.39, 0.29) is 5.92 Å². The fourth-order valence-corrected chi connectivity index (χ4v) is 3.49. The number of carboxylic acids is 1. The van der Waals surface area contributed by atoms with Crippen molar-refractivity contribution in [1.29, 1.82) is 0 Å². The van der Waals surface area contributed by atoms with Gasteiger partial charge in [0.25, 0.3) is 0 Å². The average Bonchev–Trinajstić information content (AvgIpc) is 2.39. The number of aliphatic hydroxyl groups is 1. The molecule has 0 aromatic rings. The Morgan fingerprint density at radius 3 is 2.22 bits per heavy atom. The molecule has 1 rings (SSSR count). The minimum atomic E-state index is -1.01. The predicted molar refractivity (Wildman–Crippen MR) is 72.3 cm³/mol. The molecule has 3 atom stereocenters. The first-order chi connectivity index (χ1) is 8.28. The lowest BCUT2D eigenvalue weighted by Crippen LogP contribution is -2.45. The molecule has 0 amide bonds. The van der Waals surface area contributed by atoms with Gasteiger partial charge in [-0.15, -0.1) is 0 Å². The fourth-order valence-electron chi connectivity index (χ4n) is 3.49. The minimum absolute atomic E-state index is 0.0249. The van der Waals surface area contributed by atoms with E-state index >= 15 is 0 Å². The van der Waals surface area contributed by atoms with E-state index < -0.39 is 17.5 Å². The smallest absolute Gasteiger partial charge is 0.309 e. The summed E-state index contributed by atoms with van der Waals surface area (Å²) in [6.45, 7) is 8.21. The second-order valence-corrected chi connectivity index (χ2v) is 6.60. The van der Waals surface area contributed by atoms with Crippen molar-refractivity contribution in [3.8, 4) is 0 Å². The quantitative estimate of drug-likeness (QED) is 0.759. The molecular weight excluding hydrogens is 228 g/mol. The van der Waals surface area contributed by atoms with Gasteiger partial charge in [-0.1, -0.05) is 40.5 Å². The van der Waals surface area contributed by atoms with Crippen molar-refractivity contribution in [2.45, 2.75) is 65.4 Å². The molecule has 1 aliphatic carbocycles. The maximum absolute atomic E-state index is 11.4. The van der Waals surface area contributed by atoms with Gasteiger partial charge < -0.3 is 10.2 Å². The molecule has 0 bridgehead atoms. The largest absolute Gasteiger partial charge is 0.481 e. The number of rotatable bonds is 4. The zero-order valence-electron chi connectivity index (χ0n) is 12.1. The maximum atomic E-state index is 11.4. The number of carbonyl (C=O) groups is 1. The van der Waals surface area contributed by atoms with Crippen LogP contribution >= 0.6 is 0 Å². The molecule has 0 saturated heterocycles. The Hall–Kier alpha value is -0.570. The Morgan fingerprint density at radius 2 is 1.78 bits per heavy atom. The average molecular weight is 256 g/mol. The first kappa shape index (κ1) is 15.5. The molecule has 0 aliphatic heterocycles. The monoisotopic (exact) mass is 256 g/mol. The third kappa shape index (κ3) is 3.47. The van der Waals surface area contributed by atoms with Crippen LogP contribution in [0.4, 0.5) is 0 Å². The van der Waals surface area contributed by atoms with Crippen LogP contribution < -0.4 is 0 Å². The summed E-state index contributed by atoms with van der Waals surface area (Å²) in [7, 11) is 0. The molecule has 106 valence electrons. The van der Waals surface area contributed by atoms with Crippen LogP contribution in [-0.4, -0.2) is 21.8 Å². The topological polar surface area (TPSA) is 57.5 Å². The van der Waals surface area contributed by atoms with Gasteiger partial charge in [0.1, 0.15) is 0 Å². The van der Waals surface area contributed by atoms with Crippen molar-refractivity contribution in [1.82, 2.24) is 0 Å². The van der Waals surface area contributed by atoms with Gasteiger partial charge in [-0.05, 0) is 37.0 Å². The van der Waals surface area contributed by atoms with E-state index in [0.29, 0.717) is 24.7 Å². The lowest BCUT2D eigenvalue weighted by molar-refractivity contribution is -0.157. The normalized spacial score (nSPS) is 31.4. The fraction of sp³-hybridized carbons (Fsp3) is 0.933. The van der Waals surface area contributed by atoms with E-state index in [0.717, 1.165) is 19.3 Å². The Bertz CT molecular complexity index is 285. The molecule has 1 fully saturated rings. The van der Waals surface area contributed by atoms with Crippen molar-refractivity contribution >= 4 is 5.97 Å². The molecule has 0 aromatic heterocycles. The number of hydrogen-bond donors (Lipinski definition) is 2. The van der Waals surface area contributed by atoms with Gasteiger partial charge in [0, 0.05) is 0 Å². The summed E-state index contributed by atoms with van der Waals surface area (Å²) in [5.41, 5.74) is -1.01. The number of carboxylic acid groups (broad SMARTS) is 1. The van der Waals surface area contributed by atoms with Gasteiger partial charge in [-0.3, -0.25) is 4.79 Å². The van der Waals surface area contributed by atoms with Crippen LogP contribution in [0.3, 0.4) is 0 Å². The highest BCUT2D eigenvalue weighted by Crippen LogP contribution is 2.40. The summed E-state index contributed by atoms with van der Waals surface area (Å²) in [5, 5.41) is 20.1. The van der Waals surface area contributed by atoms with Crippen LogP contribution in [-0.2, 0) is 4.79 Å². The zero-order chi connectivity index (χ0) is 13.9. The van der Waals surface area contributed by atoms with Crippen molar-refractivity contribution in [3.05, 3.63) is 0 Å². The van der Waals surface area contributed by atoms with Crippen molar-refractivity contribution in [2.24, 2.45) is 23.7 Å². The van der Waals surface area contributed by atoms with Gasteiger partial charge in [0.2, 0.25) is 0 Å². The molecule has 3 unspecified atom stereocenters. The van der Waals surface area contributed by atoms with Gasteiger partial charge in [0.15, 0.2) is 0 Å². The highest BCUT2D eigenvalue weighted by atomic mass is 16.4. The number of aliphatic carboxylic acids is 1. The van der Waals surface area contributed by atoms with E-state index in [1.54, 1.807) is 0 Å². The van der Waals surface area contributed by atoms with Crippen LogP contribution in [0.5, 0.6) is 0 Å². The predicted octanol–water partition coefficient (Wildman–Crippen LogP) is 3.31. The van der Waals surface area contributed by atoms with E-state index in [9.17, 15) is 15.0 Å². The van der Waals surface area contributed by atoms with Gasteiger partial charge in [0.05, 0.1) is 11.5 Å². The highest BCUT2D eigenvalue weighted by Gasteiger charge is 2.44. The van der Waals surface area contributed by atoms with Crippen LogP contribution in [0.1, 0.15) is 59.8 Å². The van der Waals surface area contributed by atoms with Gasteiger partial charge in [-0.2, -0.15) is 0 Å². The Labute approximate surface area is 111 Å². The molecule has 18 heavy (non-hydrogen) atoms. The lowest BCUT2D eigenvalue weighted by Gasteiger charge is -2.35. The molecule has 3 heteroatoms. The van der Waals surface area contributed by atoms with Gasteiger partial charge in [-0.25, -0.2) is 0 Å². The van der Waals surface area contributed by atoms with Crippen LogP contribution in [0, 0.1) is 23.7 Å². The molecular formula is C15H28O3. The van der Waals surface area contributed by atoms with Crippen LogP contribution in [0.15, 0.2) is 0 Å². The van der Waals surface area contributed by atoms with Crippen LogP contribution in [0.2, 0.25) is 0 Å². The molecule has 0 spiro atoms.